The van der Waals surface area contributed by atoms with E-state index in [1.807, 2.05) is 0 Å². The summed E-state index contributed by atoms with van der Waals surface area (Å²) < 4.78 is 1.07. The summed E-state index contributed by atoms with van der Waals surface area (Å²) in [7, 11) is 0. The number of hydrazine groups is 1. The maximum atomic E-state index is 12.1. The lowest BCUT2D eigenvalue weighted by atomic mass is 10.2. The van der Waals surface area contributed by atoms with Crippen molar-refractivity contribution in [3.05, 3.63) is 45.0 Å². The number of aromatic amines is 1. The smallest absolute Gasteiger partial charge is 0.328 e. The largest absolute Gasteiger partial charge is 0.356 e. The molecule has 0 amide bonds. The van der Waals surface area contributed by atoms with E-state index in [4.69, 9.17) is 5.84 Å². The minimum absolute atomic E-state index is 0.000574. The van der Waals surface area contributed by atoms with Crippen LogP contribution in [0.15, 0.2) is 33.9 Å². The van der Waals surface area contributed by atoms with Crippen LogP contribution in [0.3, 0.4) is 0 Å². The van der Waals surface area contributed by atoms with Gasteiger partial charge in [0.05, 0.1) is 23.7 Å². The predicted molar refractivity (Wildman–Crippen MR) is 66.9 cm³/mol. The molecular formula is C11H12N4O4. The predicted octanol–water partition coefficient (Wildman–Crippen LogP) is -0.999. The van der Waals surface area contributed by atoms with E-state index in [1.54, 1.807) is 29.9 Å². The highest BCUT2D eigenvalue weighted by Gasteiger charge is 2.08. The topological polar surface area (TPSA) is 119 Å². The Balaban J connectivity index is 2.35. The molecule has 0 saturated carbocycles. The molecule has 0 aliphatic rings. The van der Waals surface area contributed by atoms with Gasteiger partial charge in [-0.15, -0.1) is 0 Å². The van der Waals surface area contributed by atoms with Crippen LogP contribution in [0.5, 0.6) is 0 Å². The summed E-state index contributed by atoms with van der Waals surface area (Å²) in [4.78, 5) is 39.2. The lowest BCUT2D eigenvalue weighted by Crippen LogP contribution is -2.32. The SMILES string of the molecule is NNOC(=O)CCn1[nH]c(=O)c2ccccc2c1=O. The van der Waals surface area contributed by atoms with E-state index < -0.39 is 5.97 Å². The fraction of sp³-hybridized carbons (Fsp3) is 0.182. The van der Waals surface area contributed by atoms with Gasteiger partial charge in [-0.3, -0.25) is 19.5 Å². The van der Waals surface area contributed by atoms with E-state index in [1.165, 1.54) is 0 Å². The van der Waals surface area contributed by atoms with E-state index in [2.05, 4.69) is 9.94 Å². The van der Waals surface area contributed by atoms with Gasteiger partial charge in [-0.05, 0) is 12.1 Å². The Hall–Kier alpha value is -2.45. The van der Waals surface area contributed by atoms with Crippen molar-refractivity contribution in [1.82, 2.24) is 15.4 Å². The molecule has 19 heavy (non-hydrogen) atoms. The summed E-state index contributed by atoms with van der Waals surface area (Å²) >= 11 is 0. The van der Waals surface area contributed by atoms with E-state index in [0.717, 1.165) is 4.68 Å². The van der Waals surface area contributed by atoms with Gasteiger partial charge in [-0.1, -0.05) is 17.7 Å². The second-order valence-electron chi connectivity index (χ2n) is 3.79. The van der Waals surface area contributed by atoms with Crippen LogP contribution < -0.4 is 22.6 Å². The fourth-order valence-corrected chi connectivity index (χ4v) is 1.72. The molecule has 1 aromatic carbocycles. The maximum absolute atomic E-state index is 12.1. The molecule has 0 atom stereocenters. The third-order valence-corrected chi connectivity index (χ3v) is 2.60. The number of rotatable bonds is 4. The monoisotopic (exact) mass is 264 g/mol. The first-order chi connectivity index (χ1) is 9.13. The Morgan fingerprint density at radius 1 is 1.32 bits per heavy atom. The molecule has 8 nitrogen and oxygen atoms in total. The van der Waals surface area contributed by atoms with Crippen molar-refractivity contribution in [1.29, 1.82) is 0 Å². The van der Waals surface area contributed by atoms with Gasteiger partial charge in [0.1, 0.15) is 0 Å². The van der Waals surface area contributed by atoms with Gasteiger partial charge in [0.15, 0.2) is 0 Å². The third kappa shape index (κ3) is 2.69. The zero-order chi connectivity index (χ0) is 13.8. The summed E-state index contributed by atoms with van der Waals surface area (Å²) in [5, 5.41) is 3.02. The molecule has 2 aromatic rings. The second-order valence-corrected chi connectivity index (χ2v) is 3.79. The Morgan fingerprint density at radius 3 is 2.68 bits per heavy atom. The van der Waals surface area contributed by atoms with Crippen molar-refractivity contribution < 1.29 is 9.63 Å². The van der Waals surface area contributed by atoms with Crippen LogP contribution >= 0.6 is 0 Å². The van der Waals surface area contributed by atoms with Crippen molar-refractivity contribution in [2.75, 3.05) is 0 Å². The average Bonchev–Trinajstić information content (AvgIpc) is 2.42. The van der Waals surface area contributed by atoms with E-state index in [9.17, 15) is 14.4 Å². The summed E-state index contributed by atoms with van der Waals surface area (Å²) in [6.45, 7) is -0.000574. The van der Waals surface area contributed by atoms with E-state index >= 15 is 0 Å². The summed E-state index contributed by atoms with van der Waals surface area (Å²) in [5.74, 6) is 4.17. The number of hydrogen-bond donors (Lipinski definition) is 3. The van der Waals surface area contributed by atoms with Crippen molar-refractivity contribution in [3.8, 4) is 0 Å². The number of aromatic nitrogens is 2. The van der Waals surface area contributed by atoms with Gasteiger partial charge in [-0.2, -0.15) is 0 Å². The summed E-state index contributed by atoms with van der Waals surface area (Å²) in [6.07, 6.45) is -0.0988. The van der Waals surface area contributed by atoms with E-state index in [0.29, 0.717) is 10.8 Å². The van der Waals surface area contributed by atoms with Crippen LogP contribution in [0, 0.1) is 0 Å². The number of carbonyl (C=O) groups excluding carboxylic acids is 1. The number of nitrogens with one attached hydrogen (secondary N) is 2. The third-order valence-electron chi connectivity index (χ3n) is 2.60. The van der Waals surface area contributed by atoms with Gasteiger partial charge in [0, 0.05) is 0 Å². The van der Waals surface area contributed by atoms with Crippen LogP contribution in [-0.2, 0) is 16.2 Å². The molecule has 0 aliphatic carbocycles. The van der Waals surface area contributed by atoms with Crippen LogP contribution in [0.1, 0.15) is 6.42 Å². The van der Waals surface area contributed by atoms with E-state index in [-0.39, 0.29) is 24.1 Å². The highest BCUT2D eigenvalue weighted by atomic mass is 16.7. The second kappa shape index (κ2) is 5.46. The molecule has 1 heterocycles. The summed E-state index contributed by atoms with van der Waals surface area (Å²) in [5.41, 5.74) is 0.991. The van der Waals surface area contributed by atoms with Gasteiger partial charge in [-0.25, -0.2) is 10.5 Å². The number of nitrogens with zero attached hydrogens (tertiary/aromatic N) is 1. The number of H-pyrrole nitrogens is 1. The Bertz CT molecular complexity index is 718. The maximum Gasteiger partial charge on any atom is 0.328 e. The average molecular weight is 264 g/mol. The Labute approximate surface area is 106 Å². The molecule has 0 saturated heterocycles. The molecule has 100 valence electrons. The van der Waals surface area contributed by atoms with Gasteiger partial charge in [0.25, 0.3) is 11.1 Å². The first-order valence-corrected chi connectivity index (χ1v) is 5.50. The lowest BCUT2D eigenvalue weighted by Gasteiger charge is -2.06. The van der Waals surface area contributed by atoms with Crippen molar-refractivity contribution in [3.63, 3.8) is 0 Å². The molecular weight excluding hydrogens is 252 g/mol. The standard InChI is InChI=1S/C11H12N4O4/c12-14-19-9(16)5-6-15-11(18)8-4-2-1-3-7(8)10(17)13-15/h1-4,14H,5-6,12H2,(H,13,17). The number of hydrogen-bond acceptors (Lipinski definition) is 6. The minimum atomic E-state index is -0.636. The molecule has 0 unspecified atom stereocenters. The van der Waals surface area contributed by atoms with Crippen LogP contribution in [0.4, 0.5) is 0 Å². The highest BCUT2D eigenvalue weighted by molar-refractivity contribution is 5.80. The van der Waals surface area contributed by atoms with Crippen LogP contribution in [0.25, 0.3) is 10.8 Å². The fourth-order valence-electron chi connectivity index (χ4n) is 1.72. The number of fused-ring (bicyclic) bond motifs is 1. The molecule has 2 rings (SSSR count). The molecule has 0 radical (unpaired) electrons. The molecule has 1 aromatic heterocycles. The van der Waals surface area contributed by atoms with Gasteiger partial charge in [0.2, 0.25) is 0 Å². The summed E-state index contributed by atoms with van der Waals surface area (Å²) in [6, 6.07) is 6.46. The molecule has 0 aliphatic heterocycles. The van der Waals surface area contributed by atoms with Crippen molar-refractivity contribution in [2.45, 2.75) is 13.0 Å². The first kappa shape index (κ1) is 13.0. The zero-order valence-electron chi connectivity index (χ0n) is 9.88. The number of benzene rings is 1. The van der Waals surface area contributed by atoms with Crippen molar-refractivity contribution in [2.24, 2.45) is 5.84 Å². The Morgan fingerprint density at radius 2 is 2.00 bits per heavy atom. The molecule has 8 heteroatoms. The number of carbonyl (C=O) groups is 1. The van der Waals surface area contributed by atoms with Crippen molar-refractivity contribution >= 4 is 16.7 Å². The first-order valence-electron chi connectivity index (χ1n) is 5.50. The van der Waals surface area contributed by atoms with Crippen LogP contribution in [0.2, 0.25) is 0 Å². The lowest BCUT2D eigenvalue weighted by molar-refractivity contribution is -0.151. The number of aryl methyl sites for hydroxylation is 1. The normalized spacial score (nSPS) is 10.6. The Kier molecular flexibility index (Phi) is 3.74. The molecule has 4 N–H and O–H groups in total. The number of nitrogens with two attached hydrogens (primary N) is 1. The minimum Gasteiger partial charge on any atom is -0.356 e. The molecule has 0 spiro atoms. The van der Waals surface area contributed by atoms with Gasteiger partial charge < -0.3 is 4.84 Å². The molecule has 0 bridgehead atoms. The molecule has 0 fully saturated rings. The highest BCUT2D eigenvalue weighted by Crippen LogP contribution is 2.02. The van der Waals surface area contributed by atoms with Gasteiger partial charge >= 0.3 is 5.97 Å². The zero-order valence-corrected chi connectivity index (χ0v) is 9.88. The van der Waals surface area contributed by atoms with Crippen LogP contribution in [-0.4, -0.2) is 15.7 Å². The quantitative estimate of drug-likeness (QED) is 0.481.